The highest BCUT2D eigenvalue weighted by molar-refractivity contribution is 5.84. The molecule has 0 saturated carbocycles. The summed E-state index contributed by atoms with van der Waals surface area (Å²) in [6.07, 6.45) is 1.70. The molecule has 0 radical (unpaired) electrons. The van der Waals surface area contributed by atoms with Crippen LogP contribution in [0.15, 0.2) is 6.20 Å². The van der Waals surface area contributed by atoms with Gasteiger partial charge in [0.05, 0.1) is 24.7 Å². The van der Waals surface area contributed by atoms with Gasteiger partial charge in [-0.2, -0.15) is 5.10 Å². The largest absolute Gasteiger partial charge is 0.395 e. The Hall–Kier alpha value is -1.77. The van der Waals surface area contributed by atoms with Crippen molar-refractivity contribution in [3.05, 3.63) is 12.0 Å². The van der Waals surface area contributed by atoms with Crippen LogP contribution in [0.4, 0.5) is 5.82 Å². The van der Waals surface area contributed by atoms with Crippen LogP contribution in [0.5, 0.6) is 0 Å². The second-order valence-electron chi connectivity index (χ2n) is 5.37. The molecule has 1 saturated heterocycles. The fourth-order valence-electron chi connectivity index (χ4n) is 2.67. The van der Waals surface area contributed by atoms with Gasteiger partial charge in [0.25, 0.3) is 0 Å². The molecule has 0 unspecified atom stereocenters. The van der Waals surface area contributed by atoms with Crippen molar-refractivity contribution in [2.24, 2.45) is 7.05 Å². The molecule has 8 nitrogen and oxygen atoms in total. The van der Waals surface area contributed by atoms with Crippen LogP contribution < -0.4 is 5.73 Å². The lowest BCUT2D eigenvalue weighted by atomic mass is 10.3. The molecular formula is C13H21N7O. The molecule has 3 heterocycles. The molecule has 0 aromatic carbocycles. The maximum absolute atomic E-state index is 8.96. The Labute approximate surface area is 123 Å². The molecule has 1 fully saturated rings. The molecule has 3 N–H and O–H groups in total. The van der Waals surface area contributed by atoms with E-state index in [-0.39, 0.29) is 6.61 Å². The maximum atomic E-state index is 8.96. The predicted octanol–water partition coefficient (Wildman–Crippen LogP) is -0.945. The standard InChI is InChI=1S/C13H21N7O/c1-18-13-10(8-15-18)12(14)16-11(17-13)9-20-4-2-19(3-5-20)6-7-21/h8,21H,2-7,9H2,1H3,(H2,14,16,17). The average Bonchev–Trinajstić information content (AvgIpc) is 2.84. The Morgan fingerprint density at radius 2 is 1.90 bits per heavy atom. The van der Waals surface area contributed by atoms with Crippen molar-refractivity contribution in [1.29, 1.82) is 0 Å². The smallest absolute Gasteiger partial charge is 0.163 e. The van der Waals surface area contributed by atoms with Gasteiger partial charge >= 0.3 is 0 Å². The minimum atomic E-state index is 0.219. The van der Waals surface area contributed by atoms with E-state index < -0.39 is 0 Å². The van der Waals surface area contributed by atoms with E-state index in [1.54, 1.807) is 10.9 Å². The number of fused-ring (bicyclic) bond motifs is 1. The van der Waals surface area contributed by atoms with Crippen LogP contribution in [-0.4, -0.2) is 74.0 Å². The summed E-state index contributed by atoms with van der Waals surface area (Å²) in [5, 5.41) is 13.9. The molecule has 1 aliphatic rings. The number of rotatable bonds is 4. The summed E-state index contributed by atoms with van der Waals surface area (Å²) in [5.41, 5.74) is 6.75. The SMILES string of the molecule is Cn1ncc2c(N)nc(CN3CCN(CCO)CC3)nc21. The van der Waals surface area contributed by atoms with Crippen LogP contribution in [0.25, 0.3) is 11.0 Å². The highest BCUT2D eigenvalue weighted by Crippen LogP contribution is 2.17. The van der Waals surface area contributed by atoms with Crippen LogP contribution in [0.2, 0.25) is 0 Å². The molecule has 2 aromatic rings. The number of aromatic nitrogens is 4. The van der Waals surface area contributed by atoms with Crippen LogP contribution in [-0.2, 0) is 13.6 Å². The van der Waals surface area contributed by atoms with Gasteiger partial charge in [-0.25, -0.2) is 9.97 Å². The van der Waals surface area contributed by atoms with E-state index in [4.69, 9.17) is 10.8 Å². The molecule has 2 aromatic heterocycles. The topological polar surface area (TPSA) is 96.3 Å². The van der Waals surface area contributed by atoms with Gasteiger partial charge in [0, 0.05) is 39.8 Å². The number of nitrogen functional groups attached to an aromatic ring is 1. The van der Waals surface area contributed by atoms with Crippen molar-refractivity contribution in [2.45, 2.75) is 6.54 Å². The predicted molar refractivity (Wildman–Crippen MR) is 79.5 cm³/mol. The number of nitrogens with zero attached hydrogens (tertiary/aromatic N) is 6. The lowest BCUT2D eigenvalue weighted by Crippen LogP contribution is -2.46. The highest BCUT2D eigenvalue weighted by Gasteiger charge is 2.18. The number of β-amino-alcohol motifs (C(OH)–C–C–N with tert-alkyl or cyclic N) is 1. The molecule has 8 heteroatoms. The van der Waals surface area contributed by atoms with Crippen LogP contribution in [0, 0.1) is 0 Å². The quantitative estimate of drug-likeness (QED) is 0.750. The van der Waals surface area contributed by atoms with Crippen molar-refractivity contribution >= 4 is 16.9 Å². The Morgan fingerprint density at radius 1 is 1.19 bits per heavy atom. The zero-order chi connectivity index (χ0) is 14.8. The highest BCUT2D eigenvalue weighted by atomic mass is 16.3. The molecule has 3 rings (SSSR count). The molecule has 114 valence electrons. The number of aliphatic hydroxyl groups excluding tert-OH is 1. The van der Waals surface area contributed by atoms with Crippen molar-refractivity contribution in [2.75, 3.05) is 45.1 Å². The zero-order valence-corrected chi connectivity index (χ0v) is 12.2. The maximum Gasteiger partial charge on any atom is 0.163 e. The summed E-state index contributed by atoms with van der Waals surface area (Å²) >= 11 is 0. The first kappa shape index (κ1) is 14.2. The molecule has 0 bridgehead atoms. The number of nitrogens with two attached hydrogens (primary N) is 1. The Morgan fingerprint density at radius 3 is 2.62 bits per heavy atom. The van der Waals surface area contributed by atoms with Crippen LogP contribution in [0.3, 0.4) is 0 Å². The zero-order valence-electron chi connectivity index (χ0n) is 12.2. The monoisotopic (exact) mass is 291 g/mol. The summed E-state index contributed by atoms with van der Waals surface area (Å²) in [6, 6.07) is 0. The van der Waals surface area contributed by atoms with E-state index in [0.29, 0.717) is 12.4 Å². The Balaban J connectivity index is 1.69. The van der Waals surface area contributed by atoms with Gasteiger partial charge in [-0.1, -0.05) is 0 Å². The van der Waals surface area contributed by atoms with Gasteiger partial charge in [0.2, 0.25) is 0 Å². The normalized spacial score (nSPS) is 17.6. The molecule has 21 heavy (non-hydrogen) atoms. The molecule has 1 aliphatic heterocycles. The number of piperazine rings is 1. The van der Waals surface area contributed by atoms with Gasteiger partial charge in [-0.15, -0.1) is 0 Å². The average molecular weight is 291 g/mol. The first-order valence-electron chi connectivity index (χ1n) is 7.17. The van der Waals surface area contributed by atoms with Gasteiger partial charge in [0.15, 0.2) is 5.65 Å². The fraction of sp³-hybridized carbons (Fsp3) is 0.615. The second-order valence-corrected chi connectivity index (χ2v) is 5.37. The summed E-state index contributed by atoms with van der Waals surface area (Å²) in [4.78, 5) is 13.5. The van der Waals surface area contributed by atoms with E-state index in [1.165, 1.54) is 0 Å². The molecule has 0 atom stereocenters. The number of anilines is 1. The lowest BCUT2D eigenvalue weighted by molar-refractivity contribution is 0.107. The Bertz CT molecular complexity index is 618. The summed E-state index contributed by atoms with van der Waals surface area (Å²) < 4.78 is 1.72. The van der Waals surface area contributed by atoms with Gasteiger partial charge in [0.1, 0.15) is 11.6 Å². The number of hydrogen-bond acceptors (Lipinski definition) is 7. The Kier molecular flexibility index (Phi) is 4.00. The fourth-order valence-corrected chi connectivity index (χ4v) is 2.67. The van der Waals surface area contributed by atoms with Gasteiger partial charge in [-0.3, -0.25) is 14.5 Å². The second kappa shape index (κ2) is 5.92. The molecular weight excluding hydrogens is 270 g/mol. The molecule has 0 spiro atoms. The lowest BCUT2D eigenvalue weighted by Gasteiger charge is -2.33. The van der Waals surface area contributed by atoms with Crippen LogP contribution in [0.1, 0.15) is 5.82 Å². The number of aliphatic hydroxyl groups is 1. The van der Waals surface area contributed by atoms with Crippen LogP contribution >= 0.6 is 0 Å². The van der Waals surface area contributed by atoms with Crippen molar-refractivity contribution < 1.29 is 5.11 Å². The first-order chi connectivity index (χ1) is 10.2. The van der Waals surface area contributed by atoms with E-state index in [1.807, 2.05) is 7.05 Å². The third kappa shape index (κ3) is 2.97. The van der Waals surface area contributed by atoms with Crippen molar-refractivity contribution in [1.82, 2.24) is 29.5 Å². The van der Waals surface area contributed by atoms with E-state index in [0.717, 1.165) is 49.6 Å². The molecule has 0 aliphatic carbocycles. The minimum absolute atomic E-state index is 0.219. The number of hydrogen-bond donors (Lipinski definition) is 2. The van der Waals surface area contributed by atoms with E-state index in [2.05, 4.69) is 24.9 Å². The summed E-state index contributed by atoms with van der Waals surface area (Å²) in [5.74, 6) is 1.22. The van der Waals surface area contributed by atoms with Crippen molar-refractivity contribution in [3.63, 3.8) is 0 Å². The minimum Gasteiger partial charge on any atom is -0.395 e. The van der Waals surface area contributed by atoms with Crippen molar-refractivity contribution in [3.8, 4) is 0 Å². The van der Waals surface area contributed by atoms with Gasteiger partial charge in [-0.05, 0) is 0 Å². The molecule has 0 amide bonds. The third-order valence-corrected chi connectivity index (χ3v) is 3.91. The summed E-state index contributed by atoms with van der Waals surface area (Å²) in [7, 11) is 1.85. The van der Waals surface area contributed by atoms with Gasteiger partial charge < -0.3 is 10.8 Å². The number of aryl methyl sites for hydroxylation is 1. The van der Waals surface area contributed by atoms with E-state index in [9.17, 15) is 0 Å². The first-order valence-corrected chi connectivity index (χ1v) is 7.17. The summed E-state index contributed by atoms with van der Waals surface area (Å²) in [6.45, 7) is 5.49. The van der Waals surface area contributed by atoms with E-state index >= 15 is 0 Å². The third-order valence-electron chi connectivity index (χ3n) is 3.91.